The number of nitriles is 1. The molecule has 4 rings (SSSR count). The second-order valence-corrected chi connectivity index (χ2v) is 8.39. The minimum absolute atomic E-state index is 0.00123. The number of ether oxygens (including phenoxy) is 1. The summed E-state index contributed by atoms with van der Waals surface area (Å²) in [7, 11) is 0. The van der Waals surface area contributed by atoms with Crippen LogP contribution in [0.25, 0.3) is 0 Å². The molecule has 1 atom stereocenters. The van der Waals surface area contributed by atoms with E-state index in [0.717, 1.165) is 36.9 Å². The summed E-state index contributed by atoms with van der Waals surface area (Å²) in [4.78, 5) is 4.82. The van der Waals surface area contributed by atoms with Crippen LogP contribution in [0, 0.1) is 11.3 Å². The highest BCUT2D eigenvalue weighted by Crippen LogP contribution is 2.37. The summed E-state index contributed by atoms with van der Waals surface area (Å²) in [6, 6.07) is 26.3. The molecule has 3 aromatic carbocycles. The highest BCUT2D eigenvalue weighted by Gasteiger charge is 2.29. The molecular weight excluding hydrogens is 429 g/mol. The maximum Gasteiger partial charge on any atom is 0.174 e. The van der Waals surface area contributed by atoms with E-state index in [1.54, 1.807) is 6.07 Å². The van der Waals surface area contributed by atoms with Crippen LogP contribution >= 0.6 is 23.2 Å². The Morgan fingerprint density at radius 2 is 1.74 bits per heavy atom. The van der Waals surface area contributed by atoms with Crippen molar-refractivity contribution in [3.8, 4) is 11.8 Å². The summed E-state index contributed by atoms with van der Waals surface area (Å²) in [6.07, 6.45) is 0. The van der Waals surface area contributed by atoms with E-state index in [4.69, 9.17) is 33.2 Å². The van der Waals surface area contributed by atoms with Gasteiger partial charge in [0, 0.05) is 37.3 Å². The Kier molecular flexibility index (Phi) is 6.99. The quantitative estimate of drug-likeness (QED) is 0.463. The van der Waals surface area contributed by atoms with Gasteiger partial charge in [-0.25, -0.2) is 0 Å². The zero-order chi connectivity index (χ0) is 21.6. The third kappa shape index (κ3) is 5.32. The molecule has 4 nitrogen and oxygen atoms in total. The Bertz CT molecular complexity index is 1050. The van der Waals surface area contributed by atoms with E-state index in [2.05, 4.69) is 46.2 Å². The number of nitrogens with zero attached hydrogens (tertiary/aromatic N) is 3. The summed E-state index contributed by atoms with van der Waals surface area (Å²) in [5.41, 5.74) is 3.47. The highest BCUT2D eigenvalue weighted by atomic mass is 35.5. The molecule has 0 radical (unpaired) electrons. The lowest BCUT2D eigenvalue weighted by atomic mass is 10.0. The standard InChI is InChI=1S/C25H23Cl2N3O/c26-21-8-6-20(7-9-21)25-18-29(17-19-4-2-1-3-5-19)13-14-30(25)24-11-10-22(16-23(24)27)31-15-12-28/h1-11,16,25H,13-15,17-18H2/t25-/m0/s1. The number of anilines is 1. The molecule has 31 heavy (non-hydrogen) atoms. The smallest absolute Gasteiger partial charge is 0.174 e. The first kappa shape index (κ1) is 21.5. The van der Waals surface area contributed by atoms with Gasteiger partial charge in [-0.05, 0) is 35.4 Å². The SMILES string of the molecule is N#CCOc1ccc(N2CCN(Cc3ccccc3)C[C@H]2c2ccc(Cl)cc2)c(Cl)c1. The van der Waals surface area contributed by atoms with Crippen LogP contribution < -0.4 is 9.64 Å². The first-order valence-electron chi connectivity index (χ1n) is 10.2. The minimum Gasteiger partial charge on any atom is -0.479 e. The molecule has 0 spiro atoms. The first-order chi connectivity index (χ1) is 15.1. The molecule has 0 saturated carbocycles. The molecule has 0 N–H and O–H groups in total. The number of hydrogen-bond donors (Lipinski definition) is 0. The Morgan fingerprint density at radius 1 is 0.968 bits per heavy atom. The molecule has 158 valence electrons. The van der Waals surface area contributed by atoms with Crippen LogP contribution in [0.2, 0.25) is 10.0 Å². The van der Waals surface area contributed by atoms with E-state index < -0.39 is 0 Å². The fourth-order valence-corrected chi connectivity index (χ4v) is 4.41. The summed E-state index contributed by atoms with van der Waals surface area (Å²) in [5.74, 6) is 0.598. The topological polar surface area (TPSA) is 39.5 Å². The molecule has 3 aromatic rings. The zero-order valence-electron chi connectivity index (χ0n) is 17.0. The molecular formula is C25H23Cl2N3O. The Balaban J connectivity index is 1.60. The fourth-order valence-electron chi connectivity index (χ4n) is 4.01. The van der Waals surface area contributed by atoms with Crippen molar-refractivity contribution < 1.29 is 4.74 Å². The number of piperazine rings is 1. The van der Waals surface area contributed by atoms with Gasteiger partial charge in [-0.3, -0.25) is 4.90 Å². The van der Waals surface area contributed by atoms with E-state index >= 15 is 0 Å². The number of halogens is 2. The third-order valence-electron chi connectivity index (χ3n) is 5.50. The second kappa shape index (κ2) is 10.1. The van der Waals surface area contributed by atoms with Gasteiger partial charge in [0.2, 0.25) is 0 Å². The van der Waals surface area contributed by atoms with Crippen LogP contribution in [0.15, 0.2) is 72.8 Å². The highest BCUT2D eigenvalue weighted by molar-refractivity contribution is 6.33. The van der Waals surface area contributed by atoms with Gasteiger partial charge in [-0.1, -0.05) is 65.7 Å². The lowest BCUT2D eigenvalue weighted by molar-refractivity contribution is 0.215. The molecule has 0 aromatic heterocycles. The molecule has 6 heteroatoms. The van der Waals surface area contributed by atoms with Gasteiger partial charge in [0.15, 0.2) is 6.61 Å². The molecule has 0 aliphatic carbocycles. The van der Waals surface area contributed by atoms with Gasteiger partial charge in [-0.15, -0.1) is 0 Å². The fraction of sp³-hybridized carbons (Fsp3) is 0.240. The number of hydrogen-bond acceptors (Lipinski definition) is 4. The second-order valence-electron chi connectivity index (χ2n) is 7.54. The molecule has 1 aliphatic heterocycles. The summed E-state index contributed by atoms with van der Waals surface area (Å²) < 4.78 is 5.40. The van der Waals surface area contributed by atoms with E-state index in [9.17, 15) is 0 Å². The lowest BCUT2D eigenvalue weighted by Crippen LogP contribution is -2.48. The van der Waals surface area contributed by atoms with Crippen LogP contribution in [0.3, 0.4) is 0 Å². The van der Waals surface area contributed by atoms with Crippen molar-refractivity contribution in [1.82, 2.24) is 4.90 Å². The van der Waals surface area contributed by atoms with Gasteiger partial charge in [0.1, 0.15) is 11.8 Å². The Morgan fingerprint density at radius 3 is 2.45 bits per heavy atom. The van der Waals surface area contributed by atoms with Gasteiger partial charge in [-0.2, -0.15) is 5.26 Å². The Labute approximate surface area is 193 Å². The van der Waals surface area contributed by atoms with Crippen LogP contribution in [0.1, 0.15) is 17.2 Å². The van der Waals surface area contributed by atoms with E-state index in [0.29, 0.717) is 10.8 Å². The minimum atomic E-state index is 0.00123. The van der Waals surface area contributed by atoms with Crippen molar-refractivity contribution in [2.75, 3.05) is 31.1 Å². The van der Waals surface area contributed by atoms with Crippen molar-refractivity contribution in [2.24, 2.45) is 0 Å². The summed E-state index contributed by atoms with van der Waals surface area (Å²) in [5, 5.41) is 10.1. The number of rotatable bonds is 6. The Hall–Kier alpha value is -2.71. The normalized spacial score (nSPS) is 16.7. The largest absolute Gasteiger partial charge is 0.479 e. The maximum atomic E-state index is 8.74. The maximum absolute atomic E-state index is 8.74. The summed E-state index contributed by atoms with van der Waals surface area (Å²) >= 11 is 12.8. The first-order valence-corrected chi connectivity index (χ1v) is 11.0. The molecule has 1 fully saturated rings. The van der Waals surface area contributed by atoms with E-state index in [-0.39, 0.29) is 12.6 Å². The predicted octanol–water partition coefficient (Wildman–Crippen LogP) is 5.96. The van der Waals surface area contributed by atoms with Crippen molar-refractivity contribution in [2.45, 2.75) is 12.6 Å². The average molecular weight is 452 g/mol. The van der Waals surface area contributed by atoms with Gasteiger partial charge < -0.3 is 9.64 Å². The monoisotopic (exact) mass is 451 g/mol. The predicted molar refractivity (Wildman–Crippen MR) is 126 cm³/mol. The van der Waals surface area contributed by atoms with Gasteiger partial charge >= 0.3 is 0 Å². The third-order valence-corrected chi connectivity index (χ3v) is 6.05. The average Bonchev–Trinajstić information content (AvgIpc) is 2.79. The van der Waals surface area contributed by atoms with Crippen LogP contribution in [-0.4, -0.2) is 31.1 Å². The van der Waals surface area contributed by atoms with Crippen molar-refractivity contribution in [1.29, 1.82) is 5.26 Å². The molecule has 1 aliphatic rings. The number of benzene rings is 3. The molecule has 1 heterocycles. The molecule has 0 unspecified atom stereocenters. The lowest BCUT2D eigenvalue weighted by Gasteiger charge is -2.43. The van der Waals surface area contributed by atoms with Crippen molar-refractivity contribution in [3.63, 3.8) is 0 Å². The van der Waals surface area contributed by atoms with Crippen molar-refractivity contribution in [3.05, 3.63) is 94.0 Å². The van der Waals surface area contributed by atoms with Gasteiger partial charge in [0.05, 0.1) is 16.8 Å². The van der Waals surface area contributed by atoms with Crippen LogP contribution in [0.5, 0.6) is 5.75 Å². The van der Waals surface area contributed by atoms with E-state index in [1.807, 2.05) is 36.4 Å². The molecule has 0 amide bonds. The molecule has 0 bridgehead atoms. The summed E-state index contributed by atoms with van der Waals surface area (Å²) in [6.45, 7) is 3.56. The molecule has 1 saturated heterocycles. The van der Waals surface area contributed by atoms with Gasteiger partial charge in [0.25, 0.3) is 0 Å². The van der Waals surface area contributed by atoms with Crippen molar-refractivity contribution >= 4 is 28.9 Å². The van der Waals surface area contributed by atoms with Crippen LogP contribution in [-0.2, 0) is 6.54 Å². The van der Waals surface area contributed by atoms with E-state index in [1.165, 1.54) is 11.1 Å². The van der Waals surface area contributed by atoms with Crippen LogP contribution in [0.4, 0.5) is 5.69 Å². The zero-order valence-corrected chi connectivity index (χ0v) is 18.6.